The molecule has 5 atom stereocenters. The molecule has 0 aliphatic carbocycles. The summed E-state index contributed by atoms with van der Waals surface area (Å²) in [5.74, 6) is -2.51. The summed E-state index contributed by atoms with van der Waals surface area (Å²) in [5.41, 5.74) is 0.644. The second-order valence-corrected chi connectivity index (χ2v) is 6.53. The fraction of sp³-hybridized carbons (Fsp3) is 0.500. The molecule has 0 amide bonds. The van der Waals surface area contributed by atoms with Gasteiger partial charge in [0.25, 0.3) is 0 Å². The lowest BCUT2D eigenvalue weighted by Crippen LogP contribution is -2.59. The van der Waals surface area contributed by atoms with E-state index in [0.717, 1.165) is 0 Å². The molecule has 0 radical (unpaired) electrons. The van der Waals surface area contributed by atoms with Crippen molar-refractivity contribution < 1.29 is 42.9 Å². The van der Waals surface area contributed by atoms with Gasteiger partial charge in [-0.05, 0) is 5.56 Å². The van der Waals surface area contributed by atoms with Crippen LogP contribution >= 0.6 is 0 Å². The first-order valence-corrected chi connectivity index (χ1v) is 9.04. The molecule has 1 fully saturated rings. The number of hydrogen-bond donors (Lipinski definition) is 0. The number of carbonyl (C=O) groups excluding carboxylic acids is 4. The fourth-order valence-electron chi connectivity index (χ4n) is 3.14. The molecular weight excluding hydrogens is 384 g/mol. The molecule has 0 bridgehead atoms. The topological polar surface area (TPSA) is 114 Å². The monoisotopic (exact) mass is 408 g/mol. The van der Waals surface area contributed by atoms with Crippen LogP contribution in [0.1, 0.15) is 39.4 Å². The van der Waals surface area contributed by atoms with Crippen LogP contribution in [-0.2, 0) is 42.9 Å². The van der Waals surface area contributed by atoms with E-state index in [9.17, 15) is 19.2 Å². The van der Waals surface area contributed by atoms with Crippen molar-refractivity contribution in [1.29, 1.82) is 0 Å². The second kappa shape index (κ2) is 10.0. The minimum absolute atomic E-state index is 0.249. The molecule has 0 N–H and O–H groups in total. The molecule has 2 rings (SSSR count). The molecule has 9 nitrogen and oxygen atoms in total. The van der Waals surface area contributed by atoms with Gasteiger partial charge in [-0.25, -0.2) is 0 Å². The van der Waals surface area contributed by atoms with Gasteiger partial charge < -0.3 is 23.7 Å². The minimum atomic E-state index is -1.17. The molecule has 1 heterocycles. The molecule has 0 spiro atoms. The Bertz CT molecular complexity index is 746. The van der Waals surface area contributed by atoms with Crippen LogP contribution in [0, 0.1) is 0 Å². The number of ether oxygens (including phenoxy) is 5. The Morgan fingerprint density at radius 1 is 0.759 bits per heavy atom. The highest BCUT2D eigenvalue weighted by molar-refractivity contribution is 5.68. The Morgan fingerprint density at radius 3 is 1.79 bits per heavy atom. The highest BCUT2D eigenvalue weighted by Crippen LogP contribution is 2.37. The third-order valence-electron chi connectivity index (χ3n) is 4.12. The van der Waals surface area contributed by atoms with Crippen molar-refractivity contribution in [2.24, 2.45) is 0 Å². The summed E-state index contributed by atoms with van der Waals surface area (Å²) in [6.07, 6.45) is -5.21. The van der Waals surface area contributed by atoms with E-state index < -0.39 is 54.4 Å². The highest BCUT2D eigenvalue weighted by Gasteiger charge is 2.52. The maximum Gasteiger partial charge on any atom is 0.303 e. The lowest BCUT2D eigenvalue weighted by atomic mass is 9.90. The average Bonchev–Trinajstić information content (AvgIpc) is 2.63. The van der Waals surface area contributed by atoms with E-state index in [2.05, 4.69) is 0 Å². The van der Waals surface area contributed by atoms with Crippen molar-refractivity contribution in [3.8, 4) is 0 Å². The van der Waals surface area contributed by atoms with Crippen LogP contribution in [0.25, 0.3) is 0 Å². The molecule has 0 aromatic heterocycles. The lowest BCUT2D eigenvalue weighted by molar-refractivity contribution is -0.254. The van der Waals surface area contributed by atoms with Gasteiger partial charge in [0.2, 0.25) is 0 Å². The van der Waals surface area contributed by atoms with Gasteiger partial charge in [0.15, 0.2) is 18.3 Å². The van der Waals surface area contributed by atoms with Crippen LogP contribution in [0.2, 0.25) is 0 Å². The molecule has 158 valence electrons. The first kappa shape index (κ1) is 22.4. The number of benzene rings is 1. The molecule has 1 aromatic carbocycles. The molecule has 29 heavy (non-hydrogen) atoms. The Labute approximate surface area is 168 Å². The van der Waals surface area contributed by atoms with E-state index in [0.29, 0.717) is 5.56 Å². The smallest absolute Gasteiger partial charge is 0.303 e. The largest absolute Gasteiger partial charge is 0.463 e. The van der Waals surface area contributed by atoms with E-state index in [1.54, 1.807) is 30.3 Å². The van der Waals surface area contributed by atoms with Crippen molar-refractivity contribution in [3.63, 3.8) is 0 Å². The summed E-state index contributed by atoms with van der Waals surface area (Å²) in [5, 5.41) is 0. The van der Waals surface area contributed by atoms with Gasteiger partial charge in [-0.3, -0.25) is 19.2 Å². The average molecular weight is 408 g/mol. The molecule has 9 heteroatoms. The molecule has 1 aliphatic heterocycles. The van der Waals surface area contributed by atoms with E-state index >= 15 is 0 Å². The van der Waals surface area contributed by atoms with Gasteiger partial charge >= 0.3 is 23.9 Å². The van der Waals surface area contributed by atoms with Crippen molar-refractivity contribution >= 4 is 23.9 Å². The van der Waals surface area contributed by atoms with Gasteiger partial charge in [-0.2, -0.15) is 0 Å². The molecule has 1 aromatic rings. The normalized spacial score (nSPS) is 26.1. The number of rotatable bonds is 6. The van der Waals surface area contributed by atoms with Gasteiger partial charge in [0, 0.05) is 27.7 Å². The predicted molar refractivity (Wildman–Crippen MR) is 97.4 cm³/mol. The molecule has 0 saturated carbocycles. The van der Waals surface area contributed by atoms with Gasteiger partial charge in [-0.15, -0.1) is 0 Å². The fourth-order valence-corrected chi connectivity index (χ4v) is 3.14. The third-order valence-corrected chi connectivity index (χ3v) is 4.12. The van der Waals surface area contributed by atoms with Crippen LogP contribution in [-0.4, -0.2) is 54.9 Å². The number of esters is 4. The molecule has 1 saturated heterocycles. The Balaban J connectivity index is 2.49. The summed E-state index contributed by atoms with van der Waals surface area (Å²) in [6, 6.07) is 8.84. The highest BCUT2D eigenvalue weighted by atomic mass is 16.7. The van der Waals surface area contributed by atoms with E-state index in [1.165, 1.54) is 27.7 Å². The lowest BCUT2D eigenvalue weighted by Gasteiger charge is -2.44. The second-order valence-electron chi connectivity index (χ2n) is 6.53. The van der Waals surface area contributed by atoms with Crippen molar-refractivity contribution in [2.75, 3.05) is 6.61 Å². The number of carbonyl (C=O) groups is 4. The predicted octanol–water partition coefficient (Wildman–Crippen LogP) is 1.48. The summed E-state index contributed by atoms with van der Waals surface area (Å²) in [7, 11) is 0. The Kier molecular flexibility index (Phi) is 7.72. The van der Waals surface area contributed by atoms with Crippen LogP contribution in [0.15, 0.2) is 30.3 Å². The summed E-state index contributed by atoms with van der Waals surface area (Å²) < 4.78 is 27.2. The van der Waals surface area contributed by atoms with Crippen LogP contribution in [0.5, 0.6) is 0 Å². The molecular formula is C20H24O9. The summed E-state index contributed by atoms with van der Waals surface area (Å²) >= 11 is 0. The Hall–Kier alpha value is -2.94. The van der Waals surface area contributed by atoms with E-state index in [1.807, 2.05) is 0 Å². The zero-order chi connectivity index (χ0) is 21.6. The zero-order valence-electron chi connectivity index (χ0n) is 16.7. The maximum atomic E-state index is 11.8. The van der Waals surface area contributed by atoms with Crippen LogP contribution < -0.4 is 0 Å². The third kappa shape index (κ3) is 6.28. The van der Waals surface area contributed by atoms with Crippen molar-refractivity contribution in [1.82, 2.24) is 0 Å². The number of hydrogen-bond acceptors (Lipinski definition) is 9. The first-order valence-electron chi connectivity index (χ1n) is 9.04. The van der Waals surface area contributed by atoms with Crippen LogP contribution in [0.3, 0.4) is 0 Å². The molecule has 0 unspecified atom stereocenters. The van der Waals surface area contributed by atoms with Crippen molar-refractivity contribution in [3.05, 3.63) is 35.9 Å². The zero-order valence-corrected chi connectivity index (χ0v) is 16.7. The van der Waals surface area contributed by atoms with Gasteiger partial charge in [-0.1, -0.05) is 30.3 Å². The summed E-state index contributed by atoms with van der Waals surface area (Å²) in [4.78, 5) is 46.5. The van der Waals surface area contributed by atoms with Crippen molar-refractivity contribution in [2.45, 2.75) is 58.2 Å². The summed E-state index contributed by atoms with van der Waals surface area (Å²) in [6.45, 7) is 4.55. The quantitative estimate of drug-likeness (QED) is 0.510. The Morgan fingerprint density at radius 2 is 1.28 bits per heavy atom. The van der Waals surface area contributed by atoms with Gasteiger partial charge in [0.1, 0.15) is 18.8 Å². The van der Waals surface area contributed by atoms with E-state index in [-0.39, 0.29) is 6.61 Å². The van der Waals surface area contributed by atoms with E-state index in [4.69, 9.17) is 23.7 Å². The maximum absolute atomic E-state index is 11.8. The van der Waals surface area contributed by atoms with Gasteiger partial charge in [0.05, 0.1) is 0 Å². The molecule has 1 aliphatic rings. The SMILES string of the molecule is CC(=O)OC[C@H]1O[C@H](c2ccccc2)[C@@H](OC(C)=O)[C@@H](OC(C)=O)[C@@H]1OC(C)=O. The van der Waals surface area contributed by atoms with Crippen LogP contribution in [0.4, 0.5) is 0 Å². The first-order chi connectivity index (χ1) is 13.7. The minimum Gasteiger partial charge on any atom is -0.463 e. The standard InChI is InChI=1S/C20H24O9/c1-11(21)25-10-16-18(26-12(2)22)20(28-14(4)24)19(27-13(3)23)17(29-16)15-8-6-5-7-9-15/h5-9,16-20H,10H2,1-4H3/t16-,17-,18-,19-,20+/m1/s1.